The molecule has 2 heteroatoms. The first-order chi connectivity index (χ1) is 27.3. The Bertz CT molecular complexity index is 3490. The van der Waals surface area contributed by atoms with E-state index in [1.807, 2.05) is 0 Å². The standard InChI is InChI=1S/C53H32N2/c1-3-16-33(17-4-1)53(34-18-5-2-6-19-34)44-27-12-9-20-36(44)37-31-30-35(32-45(37)53)54-47-29-14-11-24-42(47)48-49-43-26-15-25-39-38-21-10-13-28-46(38)55(50(39)43)52(49)41-23-8-7-22-40(41)51(48)54/h1-32H. The summed E-state index contributed by atoms with van der Waals surface area (Å²) in [7, 11) is 0. The first-order valence-corrected chi connectivity index (χ1v) is 19.2. The zero-order chi connectivity index (χ0) is 35.8. The Morgan fingerprint density at radius 1 is 0.327 bits per heavy atom. The number of benzene rings is 9. The Morgan fingerprint density at radius 3 is 1.62 bits per heavy atom. The SMILES string of the molecule is c1ccc(C2(c3ccccc3)c3ccccc3-c3ccc(-n4c5ccccc5c5c6c7cccc8c9ccccc9n(c87)c6c6ccccc6c54)cc32)cc1. The molecule has 0 saturated carbocycles. The highest BCUT2D eigenvalue weighted by Crippen LogP contribution is 2.57. The van der Waals surface area contributed by atoms with Crippen LogP contribution in [-0.4, -0.2) is 8.97 Å². The van der Waals surface area contributed by atoms with Gasteiger partial charge in [-0.25, -0.2) is 0 Å². The van der Waals surface area contributed by atoms with Crippen LogP contribution in [0, 0.1) is 0 Å². The molecule has 1 aliphatic rings. The van der Waals surface area contributed by atoms with Gasteiger partial charge in [0.2, 0.25) is 0 Å². The van der Waals surface area contributed by atoms with Crippen LogP contribution in [0.15, 0.2) is 194 Å². The number of rotatable bonds is 3. The molecule has 0 bridgehead atoms. The number of aromatic nitrogens is 2. The summed E-state index contributed by atoms with van der Waals surface area (Å²) in [6.07, 6.45) is 0. The maximum atomic E-state index is 2.56. The molecule has 0 aliphatic heterocycles. The van der Waals surface area contributed by atoms with E-state index in [4.69, 9.17) is 0 Å². The lowest BCUT2D eigenvalue weighted by Crippen LogP contribution is -2.28. The van der Waals surface area contributed by atoms with Crippen molar-refractivity contribution in [3.05, 3.63) is 216 Å². The number of para-hydroxylation sites is 3. The van der Waals surface area contributed by atoms with Gasteiger partial charge in [-0.05, 0) is 57.6 Å². The predicted octanol–water partition coefficient (Wildman–Crippen LogP) is 13.5. The number of hydrogen-bond acceptors (Lipinski definition) is 0. The van der Waals surface area contributed by atoms with E-state index in [0.29, 0.717) is 0 Å². The summed E-state index contributed by atoms with van der Waals surface area (Å²) in [6.45, 7) is 0. The molecule has 55 heavy (non-hydrogen) atoms. The zero-order valence-electron chi connectivity index (χ0n) is 29.9. The molecule has 12 aromatic rings. The lowest BCUT2D eigenvalue weighted by Gasteiger charge is -2.34. The average Bonchev–Trinajstić information content (AvgIpc) is 3.98. The van der Waals surface area contributed by atoms with Crippen LogP contribution >= 0.6 is 0 Å². The van der Waals surface area contributed by atoms with Gasteiger partial charge in [-0.15, -0.1) is 0 Å². The molecule has 0 amide bonds. The lowest BCUT2D eigenvalue weighted by molar-refractivity contribution is 0.767. The number of fused-ring (bicyclic) bond motifs is 16. The molecule has 2 nitrogen and oxygen atoms in total. The third-order valence-electron chi connectivity index (χ3n) is 12.7. The second-order valence-corrected chi connectivity index (χ2v) is 15.2. The molecule has 0 fully saturated rings. The third-order valence-corrected chi connectivity index (χ3v) is 12.7. The minimum Gasteiger partial charge on any atom is -0.309 e. The maximum Gasteiger partial charge on any atom is 0.0714 e. The maximum absolute atomic E-state index is 2.56. The summed E-state index contributed by atoms with van der Waals surface area (Å²) in [5, 5.41) is 10.3. The van der Waals surface area contributed by atoms with Gasteiger partial charge in [-0.3, -0.25) is 0 Å². The van der Waals surface area contributed by atoms with Crippen LogP contribution in [0.5, 0.6) is 0 Å². The van der Waals surface area contributed by atoms with E-state index in [-0.39, 0.29) is 0 Å². The largest absolute Gasteiger partial charge is 0.309 e. The number of hydrogen-bond donors (Lipinski definition) is 0. The molecule has 0 saturated heterocycles. The Kier molecular flexibility index (Phi) is 5.59. The highest BCUT2D eigenvalue weighted by Gasteiger charge is 2.46. The molecule has 13 rings (SSSR count). The van der Waals surface area contributed by atoms with E-state index in [1.54, 1.807) is 0 Å². The van der Waals surface area contributed by atoms with Gasteiger partial charge in [0, 0.05) is 48.8 Å². The zero-order valence-corrected chi connectivity index (χ0v) is 29.9. The quantitative estimate of drug-likeness (QED) is 0.174. The van der Waals surface area contributed by atoms with Crippen molar-refractivity contribution in [1.82, 2.24) is 8.97 Å². The topological polar surface area (TPSA) is 9.34 Å². The summed E-state index contributed by atoms with van der Waals surface area (Å²) < 4.78 is 5.10. The van der Waals surface area contributed by atoms with Gasteiger partial charge in [0.05, 0.1) is 33.0 Å². The van der Waals surface area contributed by atoms with E-state index in [0.717, 1.165) is 0 Å². The van der Waals surface area contributed by atoms with Gasteiger partial charge in [0.1, 0.15) is 0 Å². The molecule has 1 aliphatic carbocycles. The van der Waals surface area contributed by atoms with E-state index in [9.17, 15) is 0 Å². The highest BCUT2D eigenvalue weighted by atomic mass is 15.0. The van der Waals surface area contributed by atoms with E-state index in [1.165, 1.54) is 110 Å². The second-order valence-electron chi connectivity index (χ2n) is 15.2. The summed E-state index contributed by atoms with van der Waals surface area (Å²) in [5.41, 5.74) is 14.8. The van der Waals surface area contributed by atoms with E-state index >= 15 is 0 Å². The van der Waals surface area contributed by atoms with Crippen LogP contribution in [0.3, 0.4) is 0 Å². The smallest absolute Gasteiger partial charge is 0.0714 e. The van der Waals surface area contributed by atoms with Crippen LogP contribution in [0.4, 0.5) is 0 Å². The molecule has 0 atom stereocenters. The summed E-state index contributed by atoms with van der Waals surface area (Å²) >= 11 is 0. The lowest BCUT2D eigenvalue weighted by atomic mass is 9.67. The average molecular weight is 697 g/mol. The van der Waals surface area contributed by atoms with Crippen LogP contribution in [0.2, 0.25) is 0 Å². The highest BCUT2D eigenvalue weighted by molar-refractivity contribution is 6.39. The third kappa shape index (κ3) is 3.51. The Hall–Kier alpha value is -7.16. The van der Waals surface area contributed by atoms with Gasteiger partial charge in [0.25, 0.3) is 0 Å². The normalized spacial score (nSPS) is 13.6. The molecular formula is C53H32N2. The molecule has 3 heterocycles. The first kappa shape index (κ1) is 29.3. The minimum atomic E-state index is -0.479. The Morgan fingerprint density at radius 2 is 0.855 bits per heavy atom. The fourth-order valence-corrected chi connectivity index (χ4v) is 10.7. The molecule has 254 valence electrons. The van der Waals surface area contributed by atoms with Crippen molar-refractivity contribution >= 4 is 70.7 Å². The molecular weight excluding hydrogens is 665 g/mol. The summed E-state index contributed by atoms with van der Waals surface area (Å²) in [5.74, 6) is 0. The van der Waals surface area contributed by atoms with Gasteiger partial charge < -0.3 is 8.97 Å². The van der Waals surface area contributed by atoms with Crippen LogP contribution in [0.25, 0.3) is 87.5 Å². The van der Waals surface area contributed by atoms with Crippen molar-refractivity contribution in [3.8, 4) is 16.8 Å². The van der Waals surface area contributed by atoms with E-state index < -0.39 is 5.41 Å². The van der Waals surface area contributed by atoms with Crippen molar-refractivity contribution in [1.29, 1.82) is 0 Å². The first-order valence-electron chi connectivity index (χ1n) is 19.2. The molecule has 0 N–H and O–H groups in total. The number of nitrogens with zero attached hydrogens (tertiary/aromatic N) is 2. The van der Waals surface area contributed by atoms with Gasteiger partial charge >= 0.3 is 0 Å². The van der Waals surface area contributed by atoms with Crippen LogP contribution in [0.1, 0.15) is 22.3 Å². The summed E-state index contributed by atoms with van der Waals surface area (Å²) in [6, 6.07) is 72.4. The molecule has 0 radical (unpaired) electrons. The van der Waals surface area contributed by atoms with Crippen LogP contribution < -0.4 is 0 Å². The Balaban J connectivity index is 1.22. The van der Waals surface area contributed by atoms with Crippen molar-refractivity contribution < 1.29 is 0 Å². The van der Waals surface area contributed by atoms with Gasteiger partial charge in [-0.2, -0.15) is 0 Å². The minimum absolute atomic E-state index is 0.479. The van der Waals surface area contributed by atoms with Crippen molar-refractivity contribution in [2.24, 2.45) is 0 Å². The van der Waals surface area contributed by atoms with Crippen molar-refractivity contribution in [2.75, 3.05) is 0 Å². The molecule has 9 aromatic carbocycles. The van der Waals surface area contributed by atoms with Crippen LogP contribution in [-0.2, 0) is 5.41 Å². The molecule has 0 unspecified atom stereocenters. The van der Waals surface area contributed by atoms with Crippen molar-refractivity contribution in [3.63, 3.8) is 0 Å². The van der Waals surface area contributed by atoms with Gasteiger partial charge in [-0.1, -0.05) is 170 Å². The molecule has 0 spiro atoms. The second kappa shape index (κ2) is 10.5. The molecule has 3 aromatic heterocycles. The monoisotopic (exact) mass is 696 g/mol. The Labute approximate surface area is 317 Å². The van der Waals surface area contributed by atoms with E-state index in [2.05, 4.69) is 203 Å². The summed E-state index contributed by atoms with van der Waals surface area (Å²) in [4.78, 5) is 0. The fourth-order valence-electron chi connectivity index (χ4n) is 10.7. The van der Waals surface area contributed by atoms with Crippen molar-refractivity contribution in [2.45, 2.75) is 5.41 Å². The predicted molar refractivity (Wildman–Crippen MR) is 230 cm³/mol. The van der Waals surface area contributed by atoms with Gasteiger partial charge in [0.15, 0.2) is 0 Å². The fraction of sp³-hybridized carbons (Fsp3) is 0.0189.